The molecule has 1 amide bonds. The third-order valence-electron chi connectivity index (χ3n) is 6.27. The number of alkyl halides is 3. The zero-order valence-corrected chi connectivity index (χ0v) is 20.0. The van der Waals surface area contributed by atoms with Crippen LogP contribution < -0.4 is 14.2 Å². The van der Waals surface area contributed by atoms with Crippen LogP contribution in [0.25, 0.3) is 0 Å². The number of halogens is 3. The number of carbonyl (C=O) groups is 1. The maximum atomic E-state index is 13.4. The van der Waals surface area contributed by atoms with Gasteiger partial charge in [0.15, 0.2) is 0 Å². The minimum Gasteiger partial charge on any atom is -0.490 e. The number of sulfonamides is 1. The predicted octanol–water partition coefficient (Wildman–Crippen LogP) is 4.23. The van der Waals surface area contributed by atoms with Crippen molar-refractivity contribution in [1.82, 2.24) is 9.62 Å². The van der Waals surface area contributed by atoms with Gasteiger partial charge in [-0.15, -0.1) is 0 Å². The molecule has 1 heterocycles. The molecule has 2 aromatic carbocycles. The number of nitrogens with one attached hydrogen (secondary N) is 1. The molecular formula is C24H27F3N2O5S. The van der Waals surface area contributed by atoms with E-state index in [1.165, 1.54) is 37.4 Å². The van der Waals surface area contributed by atoms with E-state index < -0.39 is 27.9 Å². The first kappa shape index (κ1) is 25.3. The number of rotatable bonds is 7. The summed E-state index contributed by atoms with van der Waals surface area (Å²) in [6.45, 7) is 0.571. The summed E-state index contributed by atoms with van der Waals surface area (Å²) in [5.74, 6) is 0.235. The van der Waals surface area contributed by atoms with E-state index in [1.807, 2.05) is 0 Å². The number of hydrogen-bond acceptors (Lipinski definition) is 5. The van der Waals surface area contributed by atoms with Crippen molar-refractivity contribution in [3.8, 4) is 11.5 Å². The number of nitrogens with zero attached hydrogens (tertiary/aromatic N) is 1. The zero-order valence-electron chi connectivity index (χ0n) is 19.2. The summed E-state index contributed by atoms with van der Waals surface area (Å²) < 4.78 is 77.1. The van der Waals surface area contributed by atoms with Gasteiger partial charge in [0.05, 0.1) is 28.7 Å². The molecule has 0 spiro atoms. The minimum atomic E-state index is -4.43. The Morgan fingerprint density at radius 1 is 1.00 bits per heavy atom. The zero-order chi connectivity index (χ0) is 25.2. The van der Waals surface area contributed by atoms with Gasteiger partial charge in [0.2, 0.25) is 10.0 Å². The first-order chi connectivity index (χ1) is 16.6. The van der Waals surface area contributed by atoms with Crippen LogP contribution in [0.5, 0.6) is 11.5 Å². The van der Waals surface area contributed by atoms with E-state index in [-0.39, 0.29) is 34.8 Å². The monoisotopic (exact) mass is 512 g/mol. The predicted molar refractivity (Wildman–Crippen MR) is 122 cm³/mol. The standard InChI is InChI=1S/C24H27F3N2O5S/c1-28-35(31,32)20-10-11-22(34-17-4-2-3-5-17)21(14-20)23(30)29-13-12-19(15-29)33-18-8-6-16(7-9-18)24(25,26)27/h6-11,14,17,19,28H,2-5,12-13,15H2,1H3. The van der Waals surface area contributed by atoms with E-state index in [0.29, 0.717) is 18.7 Å². The van der Waals surface area contributed by atoms with Crippen molar-refractivity contribution in [1.29, 1.82) is 0 Å². The number of likely N-dealkylation sites (tertiary alicyclic amines) is 1. The highest BCUT2D eigenvalue weighted by atomic mass is 32.2. The van der Waals surface area contributed by atoms with Crippen LogP contribution in [0.3, 0.4) is 0 Å². The second kappa shape index (κ2) is 10.1. The van der Waals surface area contributed by atoms with Gasteiger partial charge < -0.3 is 14.4 Å². The van der Waals surface area contributed by atoms with Gasteiger partial charge >= 0.3 is 6.18 Å². The fraction of sp³-hybridized carbons (Fsp3) is 0.458. The third-order valence-corrected chi connectivity index (χ3v) is 7.68. The normalized spacial score (nSPS) is 19.2. The van der Waals surface area contributed by atoms with Crippen LogP contribution in [0.1, 0.15) is 48.0 Å². The van der Waals surface area contributed by atoms with Gasteiger partial charge in [0.1, 0.15) is 17.6 Å². The fourth-order valence-electron chi connectivity index (χ4n) is 4.34. The van der Waals surface area contributed by atoms with Crippen LogP contribution in [-0.2, 0) is 16.2 Å². The molecule has 1 saturated carbocycles. The van der Waals surface area contributed by atoms with Crippen LogP contribution in [0.4, 0.5) is 13.2 Å². The summed E-state index contributed by atoms with van der Waals surface area (Å²) in [7, 11) is -2.47. The van der Waals surface area contributed by atoms with Crippen molar-refractivity contribution in [3.05, 3.63) is 53.6 Å². The minimum absolute atomic E-state index is 0.0253. The molecule has 1 aliphatic carbocycles. The van der Waals surface area contributed by atoms with Gasteiger partial charge in [-0.2, -0.15) is 13.2 Å². The van der Waals surface area contributed by atoms with E-state index in [9.17, 15) is 26.4 Å². The molecule has 0 aromatic heterocycles. The summed E-state index contributed by atoms with van der Waals surface area (Å²) >= 11 is 0. The van der Waals surface area contributed by atoms with Gasteiger partial charge in [0.25, 0.3) is 5.91 Å². The molecule has 0 bridgehead atoms. The Morgan fingerprint density at radius 3 is 2.31 bits per heavy atom. The smallest absolute Gasteiger partial charge is 0.416 e. The average Bonchev–Trinajstić information content (AvgIpc) is 3.51. The number of amides is 1. The molecule has 2 aliphatic rings. The lowest BCUT2D eigenvalue weighted by Crippen LogP contribution is -2.32. The van der Waals surface area contributed by atoms with Gasteiger partial charge in [-0.05, 0) is 75.2 Å². The molecule has 35 heavy (non-hydrogen) atoms. The number of carbonyl (C=O) groups excluding carboxylic acids is 1. The Kier molecular flexibility index (Phi) is 7.27. The molecule has 2 aromatic rings. The van der Waals surface area contributed by atoms with Gasteiger partial charge in [0, 0.05) is 13.0 Å². The molecule has 11 heteroatoms. The van der Waals surface area contributed by atoms with E-state index in [0.717, 1.165) is 37.8 Å². The summed E-state index contributed by atoms with van der Waals surface area (Å²) in [5, 5.41) is 0. The number of hydrogen-bond donors (Lipinski definition) is 1. The lowest BCUT2D eigenvalue weighted by molar-refractivity contribution is -0.137. The summed E-state index contributed by atoms with van der Waals surface area (Å²) in [6.07, 6.45) is -0.553. The molecular weight excluding hydrogens is 485 g/mol. The van der Waals surface area contributed by atoms with Gasteiger partial charge in [-0.1, -0.05) is 0 Å². The maximum absolute atomic E-state index is 13.4. The van der Waals surface area contributed by atoms with E-state index in [4.69, 9.17) is 9.47 Å². The lowest BCUT2D eigenvalue weighted by atomic mass is 10.1. The van der Waals surface area contributed by atoms with Crippen LogP contribution in [0, 0.1) is 0 Å². The van der Waals surface area contributed by atoms with Gasteiger partial charge in [-0.25, -0.2) is 13.1 Å². The molecule has 4 rings (SSSR count). The molecule has 1 atom stereocenters. The van der Waals surface area contributed by atoms with Crippen LogP contribution in [0.15, 0.2) is 47.4 Å². The Labute approximate surface area is 202 Å². The molecule has 1 saturated heterocycles. The van der Waals surface area contributed by atoms with Gasteiger partial charge in [-0.3, -0.25) is 4.79 Å². The second-order valence-electron chi connectivity index (χ2n) is 8.69. The van der Waals surface area contributed by atoms with E-state index in [1.54, 1.807) is 4.90 Å². The molecule has 2 fully saturated rings. The van der Waals surface area contributed by atoms with E-state index in [2.05, 4.69) is 4.72 Å². The average molecular weight is 513 g/mol. The van der Waals surface area contributed by atoms with Crippen molar-refractivity contribution < 1.29 is 35.9 Å². The molecule has 1 aliphatic heterocycles. The Morgan fingerprint density at radius 2 is 1.69 bits per heavy atom. The molecule has 1 N–H and O–H groups in total. The van der Waals surface area contributed by atoms with Crippen molar-refractivity contribution in [2.75, 3.05) is 20.1 Å². The highest BCUT2D eigenvalue weighted by molar-refractivity contribution is 7.89. The fourth-order valence-corrected chi connectivity index (χ4v) is 5.10. The lowest BCUT2D eigenvalue weighted by Gasteiger charge is -2.21. The highest BCUT2D eigenvalue weighted by Crippen LogP contribution is 2.32. The first-order valence-electron chi connectivity index (χ1n) is 11.4. The molecule has 0 radical (unpaired) electrons. The van der Waals surface area contributed by atoms with Crippen molar-refractivity contribution in [2.45, 2.75) is 55.4 Å². The van der Waals surface area contributed by atoms with E-state index >= 15 is 0 Å². The number of benzene rings is 2. The summed E-state index contributed by atoms with van der Waals surface area (Å²) in [4.78, 5) is 14.9. The van der Waals surface area contributed by atoms with Crippen molar-refractivity contribution in [2.24, 2.45) is 0 Å². The SMILES string of the molecule is CNS(=O)(=O)c1ccc(OC2CCCC2)c(C(=O)N2CCC(Oc3ccc(C(F)(F)F)cc3)C2)c1. The Hall–Kier alpha value is -2.79. The Bertz CT molecular complexity index is 1160. The second-order valence-corrected chi connectivity index (χ2v) is 10.6. The quantitative estimate of drug-likeness (QED) is 0.600. The highest BCUT2D eigenvalue weighted by Gasteiger charge is 2.33. The van der Waals surface area contributed by atoms with Crippen molar-refractivity contribution >= 4 is 15.9 Å². The molecule has 1 unspecified atom stereocenters. The topological polar surface area (TPSA) is 84.9 Å². The summed E-state index contributed by atoms with van der Waals surface area (Å²) in [5.41, 5.74) is -0.609. The van der Waals surface area contributed by atoms with Crippen LogP contribution >= 0.6 is 0 Å². The number of ether oxygens (including phenoxy) is 2. The maximum Gasteiger partial charge on any atom is 0.416 e. The van der Waals surface area contributed by atoms with Crippen LogP contribution in [-0.4, -0.2) is 51.6 Å². The summed E-state index contributed by atoms with van der Waals surface area (Å²) in [6, 6.07) is 8.67. The third kappa shape index (κ3) is 5.90. The van der Waals surface area contributed by atoms with Crippen LogP contribution in [0.2, 0.25) is 0 Å². The van der Waals surface area contributed by atoms with Crippen molar-refractivity contribution in [3.63, 3.8) is 0 Å². The largest absolute Gasteiger partial charge is 0.490 e. The molecule has 190 valence electrons. The molecule has 7 nitrogen and oxygen atoms in total. The Balaban J connectivity index is 1.50. The first-order valence-corrected chi connectivity index (χ1v) is 12.9.